The topological polar surface area (TPSA) is 89.1 Å². The maximum Gasteiger partial charge on any atom is 0.264 e. The Morgan fingerprint density at radius 1 is 1.50 bits per heavy atom. The number of H-pyrrole nitrogens is 1. The smallest absolute Gasteiger partial charge is 0.264 e. The molecule has 0 fully saturated rings. The number of ketones is 2. The molecule has 1 aromatic heterocycles. The van der Waals surface area contributed by atoms with Gasteiger partial charge in [-0.05, 0) is 6.92 Å². The van der Waals surface area contributed by atoms with Gasteiger partial charge in [-0.1, -0.05) is 6.92 Å². The maximum absolute atomic E-state index is 11.4. The fourth-order valence-corrected chi connectivity index (χ4v) is 1.08. The standard InChI is InChI=1S/C10H12N2O4/c1-3-7(14)10(6(2)13)16-9-5-4-8(15)11-12-9/h4-5,10H,3H2,1-2H3,(H,11,15)/t10-/m0/s1. The molecule has 0 aliphatic carbocycles. The second-order valence-corrected chi connectivity index (χ2v) is 3.19. The van der Waals surface area contributed by atoms with Crippen molar-refractivity contribution in [1.82, 2.24) is 10.2 Å². The molecule has 1 rings (SSSR count). The summed E-state index contributed by atoms with van der Waals surface area (Å²) >= 11 is 0. The van der Waals surface area contributed by atoms with E-state index in [0.717, 1.165) is 0 Å². The zero-order chi connectivity index (χ0) is 12.1. The molecule has 0 bridgehead atoms. The van der Waals surface area contributed by atoms with Gasteiger partial charge in [-0.25, -0.2) is 5.10 Å². The number of hydrogen-bond acceptors (Lipinski definition) is 5. The van der Waals surface area contributed by atoms with Gasteiger partial charge in [0.25, 0.3) is 5.56 Å². The van der Waals surface area contributed by atoms with Gasteiger partial charge in [-0.3, -0.25) is 14.4 Å². The molecule has 0 unspecified atom stereocenters. The first-order chi connectivity index (χ1) is 7.54. The molecule has 0 radical (unpaired) electrons. The van der Waals surface area contributed by atoms with Crippen molar-refractivity contribution in [2.75, 3.05) is 0 Å². The van der Waals surface area contributed by atoms with Crippen LogP contribution in [0.15, 0.2) is 16.9 Å². The van der Waals surface area contributed by atoms with Gasteiger partial charge in [-0.15, -0.1) is 5.10 Å². The number of nitrogens with one attached hydrogen (secondary N) is 1. The van der Waals surface area contributed by atoms with Crippen molar-refractivity contribution in [2.45, 2.75) is 26.4 Å². The largest absolute Gasteiger partial charge is 0.457 e. The van der Waals surface area contributed by atoms with Crippen molar-refractivity contribution >= 4 is 11.6 Å². The molecule has 0 spiro atoms. The Morgan fingerprint density at radius 2 is 2.19 bits per heavy atom. The number of aromatic nitrogens is 2. The van der Waals surface area contributed by atoms with Crippen molar-refractivity contribution in [2.24, 2.45) is 0 Å². The molecule has 0 saturated carbocycles. The summed E-state index contributed by atoms with van der Waals surface area (Å²) in [5.41, 5.74) is -0.381. The highest BCUT2D eigenvalue weighted by atomic mass is 16.5. The third-order valence-corrected chi connectivity index (χ3v) is 1.90. The molecule has 0 aliphatic rings. The Bertz CT molecular complexity index is 432. The van der Waals surface area contributed by atoms with E-state index in [-0.39, 0.29) is 29.4 Å². The highest BCUT2D eigenvalue weighted by Gasteiger charge is 2.23. The zero-order valence-corrected chi connectivity index (χ0v) is 9.02. The molecule has 6 heteroatoms. The minimum absolute atomic E-state index is 0.0431. The minimum Gasteiger partial charge on any atom is -0.457 e. The quantitative estimate of drug-likeness (QED) is 0.716. The highest BCUT2D eigenvalue weighted by molar-refractivity contribution is 6.04. The first kappa shape index (κ1) is 12.1. The predicted octanol–water partition coefficient (Wildman–Crippen LogP) is 0.0854. The molecule has 0 amide bonds. The minimum atomic E-state index is -1.15. The molecule has 1 heterocycles. The van der Waals surface area contributed by atoms with Crippen LogP contribution in [-0.2, 0) is 9.59 Å². The van der Waals surface area contributed by atoms with Crippen LogP contribution in [0.3, 0.4) is 0 Å². The lowest BCUT2D eigenvalue weighted by atomic mass is 10.1. The molecule has 0 aromatic carbocycles. The maximum atomic E-state index is 11.4. The van der Waals surface area contributed by atoms with Crippen LogP contribution in [0.1, 0.15) is 20.3 Å². The van der Waals surface area contributed by atoms with Crippen LogP contribution in [-0.4, -0.2) is 27.9 Å². The molecule has 6 nitrogen and oxygen atoms in total. The molecule has 86 valence electrons. The van der Waals surface area contributed by atoms with E-state index in [1.54, 1.807) is 6.92 Å². The normalized spacial score (nSPS) is 11.9. The van der Waals surface area contributed by atoms with E-state index in [9.17, 15) is 14.4 Å². The van der Waals surface area contributed by atoms with Gasteiger partial charge in [0.05, 0.1) is 0 Å². The second-order valence-electron chi connectivity index (χ2n) is 3.19. The summed E-state index contributed by atoms with van der Waals surface area (Å²) in [5.74, 6) is -0.665. The number of aromatic amines is 1. The van der Waals surface area contributed by atoms with Gasteiger partial charge >= 0.3 is 0 Å². The van der Waals surface area contributed by atoms with Crippen LogP contribution in [0.25, 0.3) is 0 Å². The van der Waals surface area contributed by atoms with Crippen molar-refractivity contribution < 1.29 is 14.3 Å². The monoisotopic (exact) mass is 224 g/mol. The number of ether oxygens (including phenoxy) is 1. The van der Waals surface area contributed by atoms with Crippen LogP contribution in [0.2, 0.25) is 0 Å². The van der Waals surface area contributed by atoms with Crippen molar-refractivity contribution in [3.8, 4) is 5.88 Å². The average molecular weight is 224 g/mol. The molecule has 0 saturated heterocycles. The fraction of sp³-hybridized carbons (Fsp3) is 0.400. The van der Waals surface area contributed by atoms with Crippen molar-refractivity contribution in [1.29, 1.82) is 0 Å². The predicted molar refractivity (Wildman–Crippen MR) is 55.3 cm³/mol. The summed E-state index contributed by atoms with van der Waals surface area (Å²) in [7, 11) is 0. The van der Waals surface area contributed by atoms with Gasteiger partial charge in [-0.2, -0.15) is 0 Å². The number of Topliss-reactive ketones (excluding diaryl/α,β-unsaturated/α-hetero) is 2. The van der Waals surface area contributed by atoms with Gasteiger partial charge < -0.3 is 4.74 Å². The summed E-state index contributed by atoms with van der Waals surface area (Å²) in [6.45, 7) is 2.91. The summed E-state index contributed by atoms with van der Waals surface area (Å²) < 4.78 is 5.10. The first-order valence-electron chi connectivity index (χ1n) is 4.80. The molecule has 1 N–H and O–H groups in total. The molecular formula is C10H12N2O4. The Hall–Kier alpha value is -1.98. The van der Waals surface area contributed by atoms with E-state index >= 15 is 0 Å². The Balaban J connectivity index is 2.83. The lowest BCUT2D eigenvalue weighted by molar-refractivity contribution is -0.135. The third-order valence-electron chi connectivity index (χ3n) is 1.90. The van der Waals surface area contributed by atoms with Crippen LogP contribution in [0.4, 0.5) is 0 Å². The van der Waals surface area contributed by atoms with Gasteiger partial charge in [0.15, 0.2) is 11.6 Å². The van der Waals surface area contributed by atoms with Crippen LogP contribution in [0.5, 0.6) is 5.88 Å². The fourth-order valence-electron chi connectivity index (χ4n) is 1.08. The Labute approximate surface area is 91.6 Å². The van der Waals surface area contributed by atoms with E-state index in [0.29, 0.717) is 0 Å². The summed E-state index contributed by atoms with van der Waals surface area (Å²) in [5, 5.41) is 5.70. The summed E-state index contributed by atoms with van der Waals surface area (Å²) in [4.78, 5) is 33.3. The van der Waals surface area contributed by atoms with Crippen LogP contribution < -0.4 is 10.3 Å². The number of carbonyl (C=O) groups is 2. The highest BCUT2D eigenvalue weighted by Crippen LogP contribution is 2.07. The van der Waals surface area contributed by atoms with E-state index in [4.69, 9.17) is 4.74 Å². The number of carbonyl (C=O) groups excluding carboxylic acids is 2. The number of rotatable bonds is 5. The zero-order valence-electron chi connectivity index (χ0n) is 9.02. The van der Waals surface area contributed by atoms with Crippen molar-refractivity contribution in [3.05, 3.63) is 22.5 Å². The summed E-state index contributed by atoms with van der Waals surface area (Å²) in [6, 6.07) is 2.51. The van der Waals surface area contributed by atoms with E-state index < -0.39 is 6.10 Å². The summed E-state index contributed by atoms with van der Waals surface area (Å²) in [6.07, 6.45) is -0.948. The lowest BCUT2D eigenvalue weighted by Crippen LogP contribution is -2.34. The third kappa shape index (κ3) is 3.01. The van der Waals surface area contributed by atoms with E-state index in [1.165, 1.54) is 19.1 Å². The molecule has 1 atom stereocenters. The molecule has 16 heavy (non-hydrogen) atoms. The van der Waals surface area contributed by atoms with Gasteiger partial charge in [0, 0.05) is 18.6 Å². The van der Waals surface area contributed by atoms with Gasteiger partial charge in [0.1, 0.15) is 0 Å². The SMILES string of the molecule is CCC(=O)[C@@H](Oc1ccc(=O)[nH]n1)C(C)=O. The van der Waals surface area contributed by atoms with E-state index in [1.807, 2.05) is 0 Å². The van der Waals surface area contributed by atoms with Crippen molar-refractivity contribution in [3.63, 3.8) is 0 Å². The lowest BCUT2D eigenvalue weighted by Gasteiger charge is -2.12. The molecular weight excluding hydrogens is 212 g/mol. The van der Waals surface area contributed by atoms with Crippen LogP contribution >= 0.6 is 0 Å². The first-order valence-corrected chi connectivity index (χ1v) is 4.80. The number of hydrogen-bond donors (Lipinski definition) is 1. The molecule has 1 aromatic rings. The van der Waals surface area contributed by atoms with E-state index in [2.05, 4.69) is 10.2 Å². The Morgan fingerprint density at radius 3 is 2.62 bits per heavy atom. The second kappa shape index (κ2) is 5.20. The van der Waals surface area contributed by atoms with Crippen LogP contribution in [0, 0.1) is 0 Å². The van der Waals surface area contributed by atoms with Gasteiger partial charge in [0.2, 0.25) is 12.0 Å². The number of nitrogens with zero attached hydrogens (tertiary/aromatic N) is 1. The Kier molecular flexibility index (Phi) is 3.93. The molecule has 0 aliphatic heterocycles. The average Bonchev–Trinajstić information content (AvgIpc) is 2.27.